The van der Waals surface area contributed by atoms with Gasteiger partial charge in [0.2, 0.25) is 5.91 Å². The zero-order valence-electron chi connectivity index (χ0n) is 16.3. The molecule has 146 valence electrons. The zero-order chi connectivity index (χ0) is 20.1. The van der Waals surface area contributed by atoms with Crippen LogP contribution in [-0.2, 0) is 11.2 Å². The molecule has 1 saturated heterocycles. The number of likely N-dealkylation sites (tertiary alicyclic amines) is 1. The van der Waals surface area contributed by atoms with Crippen LogP contribution in [0.3, 0.4) is 0 Å². The molecule has 2 aromatic carbocycles. The maximum atomic E-state index is 13.1. The second-order valence-corrected chi connectivity index (χ2v) is 7.31. The van der Waals surface area contributed by atoms with E-state index < -0.39 is 0 Å². The Morgan fingerprint density at radius 1 is 1.11 bits per heavy atom. The molecule has 0 bridgehead atoms. The molecule has 0 aromatic heterocycles. The van der Waals surface area contributed by atoms with Crippen LogP contribution in [0.2, 0.25) is 0 Å². The summed E-state index contributed by atoms with van der Waals surface area (Å²) in [7, 11) is 3.43. The van der Waals surface area contributed by atoms with Crippen molar-refractivity contribution in [3.63, 3.8) is 0 Å². The molecule has 1 aliphatic rings. The number of halogens is 1. The van der Waals surface area contributed by atoms with Crippen molar-refractivity contribution in [2.24, 2.45) is 0 Å². The molecule has 0 radical (unpaired) electrons. The van der Waals surface area contributed by atoms with Crippen LogP contribution in [-0.4, -0.2) is 48.3 Å². The number of carbonyl (C=O) groups excluding carboxylic acids is 2. The van der Waals surface area contributed by atoms with Gasteiger partial charge in [-0.15, -0.1) is 0 Å². The predicted molar refractivity (Wildman–Crippen MR) is 108 cm³/mol. The summed E-state index contributed by atoms with van der Waals surface area (Å²) in [5.74, 6) is -0.310. The predicted octanol–water partition coefficient (Wildman–Crippen LogP) is 3.77. The average molecular weight is 380 g/mol. The van der Waals surface area contributed by atoms with Crippen LogP contribution in [0.1, 0.15) is 34.3 Å². The molecule has 1 heterocycles. The van der Waals surface area contributed by atoms with Gasteiger partial charge in [0.25, 0.3) is 5.91 Å². The van der Waals surface area contributed by atoms with Gasteiger partial charge < -0.3 is 9.80 Å². The molecule has 0 N–H and O–H groups in total. The number of nitrogens with zero attached hydrogens (tertiary/aromatic N) is 2. The summed E-state index contributed by atoms with van der Waals surface area (Å²) in [4.78, 5) is 28.0. The SMILES string of the molecule is CN(C)C(=O)c1ccc(/C=C/C(=O)N2CCCC2Cc2ccc(F)cc2)cc1. The molecule has 0 saturated carbocycles. The van der Waals surface area contributed by atoms with E-state index in [2.05, 4.69) is 0 Å². The Balaban J connectivity index is 1.62. The Bertz CT molecular complexity index is 857. The van der Waals surface area contributed by atoms with Crippen LogP contribution in [0, 0.1) is 5.82 Å². The molecular weight excluding hydrogens is 355 g/mol. The molecule has 1 fully saturated rings. The van der Waals surface area contributed by atoms with E-state index in [-0.39, 0.29) is 23.7 Å². The number of benzene rings is 2. The van der Waals surface area contributed by atoms with Crippen LogP contribution >= 0.6 is 0 Å². The number of carbonyl (C=O) groups is 2. The largest absolute Gasteiger partial charge is 0.345 e. The van der Waals surface area contributed by atoms with E-state index in [0.717, 1.165) is 36.9 Å². The topological polar surface area (TPSA) is 40.6 Å². The van der Waals surface area contributed by atoms with Crippen molar-refractivity contribution in [3.8, 4) is 0 Å². The van der Waals surface area contributed by atoms with E-state index in [9.17, 15) is 14.0 Å². The fourth-order valence-corrected chi connectivity index (χ4v) is 3.49. The van der Waals surface area contributed by atoms with Crippen molar-refractivity contribution < 1.29 is 14.0 Å². The number of rotatable bonds is 5. The lowest BCUT2D eigenvalue weighted by molar-refractivity contribution is -0.126. The van der Waals surface area contributed by atoms with Gasteiger partial charge in [0.05, 0.1) is 0 Å². The van der Waals surface area contributed by atoms with Gasteiger partial charge in [-0.2, -0.15) is 0 Å². The third-order valence-corrected chi connectivity index (χ3v) is 5.03. The molecule has 28 heavy (non-hydrogen) atoms. The van der Waals surface area contributed by atoms with Crippen molar-refractivity contribution >= 4 is 17.9 Å². The van der Waals surface area contributed by atoms with Gasteiger partial charge in [-0.3, -0.25) is 9.59 Å². The lowest BCUT2D eigenvalue weighted by Crippen LogP contribution is -2.35. The standard InChI is InChI=1S/C23H25FN2O2/c1-25(2)23(28)19-10-5-17(6-11-19)9-14-22(27)26-15-3-4-21(26)16-18-7-12-20(24)13-8-18/h5-14,21H,3-4,15-16H2,1-2H3/b14-9+. The number of hydrogen-bond donors (Lipinski definition) is 0. The first kappa shape index (κ1) is 19.8. The molecular formula is C23H25FN2O2. The fourth-order valence-electron chi connectivity index (χ4n) is 3.49. The average Bonchev–Trinajstić information content (AvgIpc) is 3.16. The van der Waals surface area contributed by atoms with Gasteiger partial charge in [-0.1, -0.05) is 24.3 Å². The van der Waals surface area contributed by atoms with E-state index >= 15 is 0 Å². The number of hydrogen-bond acceptors (Lipinski definition) is 2. The fraction of sp³-hybridized carbons (Fsp3) is 0.304. The van der Waals surface area contributed by atoms with E-state index in [0.29, 0.717) is 5.56 Å². The molecule has 1 atom stereocenters. The first-order valence-electron chi connectivity index (χ1n) is 9.49. The Labute approximate surface area is 165 Å². The van der Waals surface area contributed by atoms with Gasteiger partial charge in [0, 0.05) is 38.3 Å². The second-order valence-electron chi connectivity index (χ2n) is 7.31. The van der Waals surface area contributed by atoms with Crippen molar-refractivity contribution in [2.75, 3.05) is 20.6 Å². The zero-order valence-corrected chi connectivity index (χ0v) is 16.3. The van der Waals surface area contributed by atoms with E-state index in [4.69, 9.17) is 0 Å². The highest BCUT2D eigenvalue weighted by Crippen LogP contribution is 2.22. The van der Waals surface area contributed by atoms with Crippen LogP contribution in [0.15, 0.2) is 54.6 Å². The maximum absolute atomic E-state index is 13.1. The summed E-state index contributed by atoms with van der Waals surface area (Å²) in [6.07, 6.45) is 6.04. The summed E-state index contributed by atoms with van der Waals surface area (Å²) in [5.41, 5.74) is 2.53. The minimum Gasteiger partial charge on any atom is -0.345 e. The molecule has 4 nitrogen and oxygen atoms in total. The molecule has 2 amide bonds. The third kappa shape index (κ3) is 4.85. The highest BCUT2D eigenvalue weighted by molar-refractivity contribution is 5.95. The van der Waals surface area contributed by atoms with Gasteiger partial charge in [-0.25, -0.2) is 4.39 Å². The first-order chi connectivity index (χ1) is 13.4. The summed E-state index contributed by atoms with van der Waals surface area (Å²) < 4.78 is 13.1. The monoisotopic (exact) mass is 380 g/mol. The Kier molecular flexibility index (Phi) is 6.24. The van der Waals surface area contributed by atoms with Crippen LogP contribution in [0.5, 0.6) is 0 Å². The quantitative estimate of drug-likeness (QED) is 0.741. The summed E-state index contributed by atoms with van der Waals surface area (Å²) in [6, 6.07) is 13.8. The molecule has 5 heteroatoms. The lowest BCUT2D eigenvalue weighted by atomic mass is 10.0. The van der Waals surface area contributed by atoms with Gasteiger partial charge in [0.15, 0.2) is 0 Å². The highest BCUT2D eigenvalue weighted by Gasteiger charge is 2.27. The maximum Gasteiger partial charge on any atom is 0.253 e. The molecule has 1 aliphatic heterocycles. The van der Waals surface area contributed by atoms with Gasteiger partial charge in [-0.05, 0) is 60.7 Å². The second kappa shape index (κ2) is 8.83. The van der Waals surface area contributed by atoms with Gasteiger partial charge in [0.1, 0.15) is 5.82 Å². The van der Waals surface area contributed by atoms with Crippen LogP contribution in [0.4, 0.5) is 4.39 Å². The van der Waals surface area contributed by atoms with Crippen molar-refractivity contribution in [3.05, 3.63) is 77.1 Å². The Morgan fingerprint density at radius 2 is 1.79 bits per heavy atom. The smallest absolute Gasteiger partial charge is 0.253 e. The molecule has 1 unspecified atom stereocenters. The van der Waals surface area contributed by atoms with E-state index in [1.165, 1.54) is 17.0 Å². The normalized spacial score (nSPS) is 16.5. The molecule has 2 aromatic rings. The van der Waals surface area contributed by atoms with Gasteiger partial charge >= 0.3 is 0 Å². The van der Waals surface area contributed by atoms with Crippen molar-refractivity contribution in [1.29, 1.82) is 0 Å². The summed E-state index contributed by atoms with van der Waals surface area (Å²) >= 11 is 0. The third-order valence-electron chi connectivity index (χ3n) is 5.03. The highest BCUT2D eigenvalue weighted by atomic mass is 19.1. The first-order valence-corrected chi connectivity index (χ1v) is 9.49. The molecule has 0 spiro atoms. The van der Waals surface area contributed by atoms with Crippen molar-refractivity contribution in [1.82, 2.24) is 9.80 Å². The minimum absolute atomic E-state index is 0.0157. The summed E-state index contributed by atoms with van der Waals surface area (Å²) in [6.45, 7) is 0.741. The van der Waals surface area contributed by atoms with Crippen LogP contribution in [0.25, 0.3) is 6.08 Å². The molecule has 0 aliphatic carbocycles. The lowest BCUT2D eigenvalue weighted by Gasteiger charge is -2.23. The van der Waals surface area contributed by atoms with E-state index in [1.54, 1.807) is 50.5 Å². The van der Waals surface area contributed by atoms with Crippen LogP contribution < -0.4 is 0 Å². The Morgan fingerprint density at radius 3 is 2.43 bits per heavy atom. The molecule has 3 rings (SSSR count). The summed E-state index contributed by atoms with van der Waals surface area (Å²) in [5, 5.41) is 0. The number of amides is 2. The Hall–Kier alpha value is -2.95. The van der Waals surface area contributed by atoms with Crippen molar-refractivity contribution in [2.45, 2.75) is 25.3 Å². The minimum atomic E-state index is -0.246. The van der Waals surface area contributed by atoms with E-state index in [1.807, 2.05) is 17.0 Å².